The zero-order chi connectivity index (χ0) is 46.2. The van der Waals surface area contributed by atoms with Crippen LogP contribution in [0.5, 0.6) is 0 Å². The van der Waals surface area contributed by atoms with Crippen molar-refractivity contribution in [2.24, 2.45) is 0 Å². The minimum Gasteiger partial charge on any atom is -0.550 e. The molecule has 0 aliphatic rings. The Hall–Kier alpha value is -0.0106. The molecule has 4 N–H and O–H groups in total. The van der Waals surface area contributed by atoms with E-state index in [4.69, 9.17) is 23.7 Å². The van der Waals surface area contributed by atoms with Crippen molar-refractivity contribution < 1.29 is 68.4 Å². The van der Waals surface area contributed by atoms with Gasteiger partial charge in [-0.25, -0.2) is 0 Å². The number of carbonyl (C=O) groups is 3. The molecule has 1 radical (unpaired) electrons. The van der Waals surface area contributed by atoms with Gasteiger partial charge in [-0.1, -0.05) is 64.2 Å². The SMILES string of the molecule is CCOCCCP(CCCOCC)CCN(CCOCC)CCP(CCCOCC)CCCOCC.N.O=C([O-])CCCCCCCCCCCCCCC(=O)NC(CS)C(=O)[O-].[Tc]. The fourth-order valence-corrected chi connectivity index (χ4v) is 11.8. The Labute approximate surface area is 413 Å². The number of carbonyl (C=O) groups excluding carboxylic acids is 3. The molecule has 64 heavy (non-hydrogen) atoms. The van der Waals surface area contributed by atoms with Crippen molar-refractivity contribution in [2.45, 2.75) is 156 Å². The number of nitrogens with zero attached hydrogens (tertiary/aromatic N) is 1. The van der Waals surface area contributed by atoms with E-state index < -0.39 is 18.0 Å². The third-order valence-corrected chi connectivity index (χ3v) is 16.3. The number of unbranched alkanes of at least 4 members (excludes halogenated alkanes) is 11. The quantitative estimate of drug-likeness (QED) is 0.0309. The van der Waals surface area contributed by atoms with Crippen LogP contribution >= 0.6 is 28.5 Å². The van der Waals surface area contributed by atoms with Gasteiger partial charge >= 0.3 is 0 Å². The van der Waals surface area contributed by atoms with Crippen LogP contribution in [0.3, 0.4) is 0 Å². The predicted molar refractivity (Wildman–Crippen MR) is 266 cm³/mol. The van der Waals surface area contributed by atoms with E-state index in [-0.39, 0.29) is 60.2 Å². The number of carboxylic acid groups (broad SMARTS) is 2. The molecule has 0 aliphatic heterocycles. The molecule has 0 rings (SSSR count). The molecule has 385 valence electrons. The molecule has 0 saturated carbocycles. The fourth-order valence-electron chi connectivity index (χ4n) is 6.82. The predicted octanol–water partition coefficient (Wildman–Crippen LogP) is 7.52. The van der Waals surface area contributed by atoms with Crippen molar-refractivity contribution >= 4 is 46.3 Å². The van der Waals surface area contributed by atoms with Crippen LogP contribution in [0.1, 0.15) is 150 Å². The average molecular weight is 1060 g/mol. The molecule has 0 aromatic heterocycles. The second kappa shape index (κ2) is 57.3. The van der Waals surface area contributed by atoms with Crippen LogP contribution in [0.4, 0.5) is 0 Å². The Morgan fingerprint density at radius 1 is 0.500 bits per heavy atom. The molecule has 17 heteroatoms. The first kappa shape index (κ1) is 70.5. The molecule has 1 atom stereocenters. The van der Waals surface area contributed by atoms with Gasteiger partial charge in [0.15, 0.2) is 0 Å². The van der Waals surface area contributed by atoms with Gasteiger partial charge in [0.25, 0.3) is 0 Å². The minimum absolute atomic E-state index is 0. The van der Waals surface area contributed by atoms with Crippen LogP contribution < -0.4 is 21.7 Å². The Bertz CT molecular complexity index is 934. The summed E-state index contributed by atoms with van der Waals surface area (Å²) in [4.78, 5) is 35.2. The van der Waals surface area contributed by atoms with Gasteiger partial charge in [-0.3, -0.25) is 4.79 Å². The van der Waals surface area contributed by atoms with E-state index in [0.29, 0.717) is 6.42 Å². The standard InChI is InChI=1S/C28H61NO5P2.C19H35NO5S.H3N.Tc/c1-6-30-18-11-23-35(24-12-19-31-7-2)27-16-29(15-22-34-10-5)17-28-36(25-13-20-32-8-3)26-14-21-33-9-4;21-17(20-16(15-26)19(24)25)13-11-9-7-5-3-1-2-4-6-8-10-12-14-18(22)23;;/h6-28H2,1-5H3;16,26H,1-15H2,(H,20,21)(H,22,23)(H,24,25);1H3;/p-2. The van der Waals surface area contributed by atoms with Gasteiger partial charge in [0.05, 0.1) is 18.6 Å². The van der Waals surface area contributed by atoms with E-state index in [2.05, 4.69) is 57.5 Å². The summed E-state index contributed by atoms with van der Waals surface area (Å²) in [6, 6.07) is -1.01. The number of hydrogen-bond acceptors (Lipinski definition) is 13. The normalized spacial score (nSPS) is 11.6. The van der Waals surface area contributed by atoms with Crippen LogP contribution in [0, 0.1) is 0 Å². The van der Waals surface area contributed by atoms with Gasteiger partial charge in [0.1, 0.15) is 0 Å². The molecule has 0 heterocycles. The Balaban J connectivity index is -0.000000572. The monoisotopic (exact) mass is 1050 g/mol. The molecule has 13 nitrogen and oxygen atoms in total. The Morgan fingerprint density at radius 2 is 0.828 bits per heavy atom. The number of thiol groups is 1. The Kier molecular flexibility index (Phi) is 63.2. The second-order valence-corrected chi connectivity index (χ2v) is 21.4. The van der Waals surface area contributed by atoms with E-state index in [9.17, 15) is 24.6 Å². The molecule has 0 aromatic carbocycles. The van der Waals surface area contributed by atoms with Crippen molar-refractivity contribution in [1.82, 2.24) is 16.4 Å². The second-order valence-electron chi connectivity index (χ2n) is 15.7. The van der Waals surface area contributed by atoms with Crippen LogP contribution in [-0.2, 0) is 58.2 Å². The van der Waals surface area contributed by atoms with Crippen molar-refractivity contribution in [3.05, 3.63) is 0 Å². The molecule has 0 spiro atoms. The summed E-state index contributed by atoms with van der Waals surface area (Å²) in [5.74, 6) is -2.47. The van der Waals surface area contributed by atoms with Crippen LogP contribution in [0.15, 0.2) is 0 Å². The molecule has 0 saturated heterocycles. The van der Waals surface area contributed by atoms with Gasteiger partial charge in [-0.05, 0) is 117 Å². The smallest absolute Gasteiger partial charge is 0.220 e. The summed E-state index contributed by atoms with van der Waals surface area (Å²) in [5, 5.41) is 23.3. The third kappa shape index (κ3) is 53.0. The first-order chi connectivity index (χ1) is 30.2. The van der Waals surface area contributed by atoms with Gasteiger partial charge < -0.3 is 59.9 Å². The molecule has 0 aliphatic carbocycles. The molecule has 0 fully saturated rings. The first-order valence-corrected chi connectivity index (χ1v) is 29.0. The van der Waals surface area contributed by atoms with E-state index in [1.165, 1.54) is 108 Å². The number of hydrogen-bond donors (Lipinski definition) is 3. The number of carboxylic acids is 2. The summed E-state index contributed by atoms with van der Waals surface area (Å²) >= 11 is 3.87. The van der Waals surface area contributed by atoms with Gasteiger partial charge in [-0.2, -0.15) is 12.6 Å². The number of rotatable bonds is 48. The summed E-state index contributed by atoms with van der Waals surface area (Å²) in [5.41, 5.74) is 0. The molecular weight excluding hydrogens is 959 g/mol. The molecular formula is C47H97N3O10P2STc-2. The third-order valence-electron chi connectivity index (χ3n) is 10.4. The summed E-state index contributed by atoms with van der Waals surface area (Å²) in [6.07, 6.45) is 26.0. The van der Waals surface area contributed by atoms with E-state index in [1.807, 2.05) is 0 Å². The topological polar surface area (TPSA) is 194 Å². The van der Waals surface area contributed by atoms with Gasteiger partial charge in [0.2, 0.25) is 5.91 Å². The maximum Gasteiger partial charge on any atom is 0.220 e. The number of amides is 1. The van der Waals surface area contributed by atoms with E-state index >= 15 is 0 Å². The molecule has 1 unspecified atom stereocenters. The van der Waals surface area contributed by atoms with Crippen LogP contribution in [0.25, 0.3) is 0 Å². The molecule has 0 aromatic rings. The van der Waals surface area contributed by atoms with Crippen LogP contribution in [0.2, 0.25) is 0 Å². The first-order valence-electron chi connectivity index (χ1n) is 24.5. The van der Waals surface area contributed by atoms with Crippen LogP contribution in [-0.4, -0.2) is 157 Å². The zero-order valence-electron chi connectivity index (χ0n) is 41.4. The fraction of sp³-hybridized carbons (Fsp3) is 0.936. The molecule has 0 bridgehead atoms. The Morgan fingerprint density at radius 3 is 1.14 bits per heavy atom. The average Bonchev–Trinajstić information content (AvgIpc) is 3.26. The minimum atomic E-state index is -1.30. The van der Waals surface area contributed by atoms with E-state index in [0.717, 1.165) is 118 Å². The van der Waals surface area contributed by atoms with Gasteiger partial charge in [0, 0.05) is 117 Å². The van der Waals surface area contributed by atoms with E-state index in [1.54, 1.807) is 0 Å². The summed E-state index contributed by atoms with van der Waals surface area (Å²) in [6.45, 7) is 22.5. The largest absolute Gasteiger partial charge is 0.550 e. The van der Waals surface area contributed by atoms with Crippen molar-refractivity contribution in [2.75, 3.05) is 128 Å². The summed E-state index contributed by atoms with van der Waals surface area (Å²) in [7, 11) is 0.0627. The maximum absolute atomic E-state index is 11.6. The molecule has 1 amide bonds. The summed E-state index contributed by atoms with van der Waals surface area (Å²) < 4.78 is 28.2. The number of nitrogens with one attached hydrogen (secondary N) is 1. The van der Waals surface area contributed by atoms with Gasteiger partial charge in [-0.15, -0.1) is 15.8 Å². The zero-order valence-corrected chi connectivity index (χ0v) is 45.9. The van der Waals surface area contributed by atoms with Crippen molar-refractivity contribution in [3.8, 4) is 0 Å². The number of aliphatic carboxylic acids is 2. The van der Waals surface area contributed by atoms with Crippen molar-refractivity contribution in [3.63, 3.8) is 0 Å². The number of ether oxygens (including phenoxy) is 5. The van der Waals surface area contributed by atoms with Crippen molar-refractivity contribution in [1.29, 1.82) is 0 Å². The maximum atomic E-state index is 11.6.